The maximum atomic E-state index is 7.78. The number of aryl methyl sites for hydroxylation is 1. The van der Waals surface area contributed by atoms with Gasteiger partial charge in [0.1, 0.15) is 11.6 Å². The standard InChI is InChI=1S/C19H24N2O.2ClH/c1-2-3-5-9-15-10-8-13-17(14-15)22-18(19(20)21)16-11-6-4-7-12-16;;/h4,6-8,10-14,18H,2-3,5,9H2,1H3,(H3,20,21);2*1H. The molecule has 1 unspecified atom stereocenters. The molecular weight excluding hydrogens is 343 g/mol. The Kier molecular flexibility index (Phi) is 10.9. The quantitative estimate of drug-likeness (QED) is 0.376. The average Bonchev–Trinajstić information content (AvgIpc) is 2.54. The third kappa shape index (κ3) is 6.81. The Morgan fingerprint density at radius 3 is 2.38 bits per heavy atom. The summed E-state index contributed by atoms with van der Waals surface area (Å²) in [7, 11) is 0. The van der Waals surface area contributed by atoms with E-state index in [2.05, 4.69) is 19.1 Å². The molecule has 0 amide bonds. The van der Waals surface area contributed by atoms with Crippen molar-refractivity contribution in [2.45, 2.75) is 38.7 Å². The van der Waals surface area contributed by atoms with Gasteiger partial charge in [-0.25, -0.2) is 0 Å². The van der Waals surface area contributed by atoms with E-state index in [1.807, 2.05) is 42.5 Å². The highest BCUT2D eigenvalue weighted by molar-refractivity contribution is 5.85. The first-order valence-corrected chi connectivity index (χ1v) is 7.85. The lowest BCUT2D eigenvalue weighted by Gasteiger charge is -2.18. The highest BCUT2D eigenvalue weighted by atomic mass is 35.5. The topological polar surface area (TPSA) is 59.1 Å². The first-order chi connectivity index (χ1) is 10.7. The zero-order chi connectivity index (χ0) is 15.8. The molecule has 2 aromatic rings. The van der Waals surface area contributed by atoms with Crippen LogP contribution in [0.1, 0.15) is 43.4 Å². The summed E-state index contributed by atoms with van der Waals surface area (Å²) in [4.78, 5) is 0. The van der Waals surface area contributed by atoms with Crippen molar-refractivity contribution in [3.05, 3.63) is 65.7 Å². The van der Waals surface area contributed by atoms with Gasteiger partial charge < -0.3 is 10.5 Å². The molecule has 0 aromatic heterocycles. The maximum Gasteiger partial charge on any atom is 0.180 e. The fourth-order valence-electron chi connectivity index (χ4n) is 2.43. The predicted molar refractivity (Wildman–Crippen MR) is 106 cm³/mol. The van der Waals surface area contributed by atoms with Gasteiger partial charge in [0.25, 0.3) is 0 Å². The number of benzene rings is 2. The second-order valence-corrected chi connectivity index (χ2v) is 5.47. The minimum Gasteiger partial charge on any atom is -0.478 e. The van der Waals surface area contributed by atoms with Crippen molar-refractivity contribution < 1.29 is 4.74 Å². The molecule has 2 rings (SSSR count). The number of hydrogen-bond donors (Lipinski definition) is 2. The predicted octanol–water partition coefficient (Wildman–Crippen LogP) is 5.32. The minimum absolute atomic E-state index is 0. The summed E-state index contributed by atoms with van der Waals surface area (Å²) in [6.07, 6.45) is 4.17. The SMILES string of the molecule is CCCCCc1cccc(OC(C(=N)N)c2ccccc2)c1.Cl.Cl. The molecule has 0 aliphatic carbocycles. The van der Waals surface area contributed by atoms with Crippen molar-refractivity contribution in [3.8, 4) is 5.75 Å². The number of hydrogen-bond acceptors (Lipinski definition) is 2. The van der Waals surface area contributed by atoms with Crippen molar-refractivity contribution in [1.29, 1.82) is 5.41 Å². The molecule has 0 saturated heterocycles. The molecule has 0 radical (unpaired) electrons. The Morgan fingerprint density at radius 2 is 1.75 bits per heavy atom. The van der Waals surface area contributed by atoms with Crippen molar-refractivity contribution in [2.75, 3.05) is 0 Å². The van der Waals surface area contributed by atoms with Crippen LogP contribution in [0.15, 0.2) is 54.6 Å². The third-order valence-corrected chi connectivity index (χ3v) is 3.61. The summed E-state index contributed by atoms with van der Waals surface area (Å²) in [6, 6.07) is 17.7. The number of rotatable bonds is 8. The van der Waals surface area contributed by atoms with Crippen molar-refractivity contribution in [1.82, 2.24) is 0 Å². The van der Waals surface area contributed by atoms with Crippen LogP contribution >= 0.6 is 24.8 Å². The van der Waals surface area contributed by atoms with Crippen LogP contribution in [0.5, 0.6) is 5.75 Å². The number of nitrogens with one attached hydrogen (secondary N) is 1. The molecule has 0 heterocycles. The third-order valence-electron chi connectivity index (χ3n) is 3.61. The lowest BCUT2D eigenvalue weighted by atomic mass is 10.1. The lowest BCUT2D eigenvalue weighted by molar-refractivity contribution is 0.271. The maximum absolute atomic E-state index is 7.78. The summed E-state index contributed by atoms with van der Waals surface area (Å²) >= 11 is 0. The van der Waals surface area contributed by atoms with E-state index in [9.17, 15) is 0 Å². The van der Waals surface area contributed by atoms with Gasteiger partial charge in [0.15, 0.2) is 6.10 Å². The second kappa shape index (κ2) is 11.8. The van der Waals surface area contributed by atoms with Crippen LogP contribution in [0.4, 0.5) is 0 Å². The molecule has 0 aliphatic rings. The van der Waals surface area contributed by atoms with E-state index in [4.69, 9.17) is 15.9 Å². The van der Waals surface area contributed by atoms with Crippen LogP contribution < -0.4 is 10.5 Å². The molecular formula is C19H26Cl2N2O. The Morgan fingerprint density at radius 1 is 1.04 bits per heavy atom. The van der Waals surface area contributed by atoms with Gasteiger partial charge >= 0.3 is 0 Å². The minimum atomic E-state index is -0.535. The Balaban J connectivity index is 0.00000264. The average molecular weight is 369 g/mol. The number of unbranched alkanes of at least 4 members (excludes halogenated alkanes) is 2. The summed E-state index contributed by atoms with van der Waals surface area (Å²) in [5.41, 5.74) is 7.87. The monoisotopic (exact) mass is 368 g/mol. The molecule has 24 heavy (non-hydrogen) atoms. The lowest BCUT2D eigenvalue weighted by Crippen LogP contribution is -2.25. The fraction of sp³-hybridized carbons (Fsp3) is 0.316. The van der Waals surface area contributed by atoms with Crippen LogP contribution in [-0.4, -0.2) is 5.84 Å². The van der Waals surface area contributed by atoms with E-state index in [1.54, 1.807) is 0 Å². The van der Waals surface area contributed by atoms with Gasteiger partial charge in [-0.1, -0.05) is 62.2 Å². The summed E-state index contributed by atoms with van der Waals surface area (Å²) in [5.74, 6) is 0.778. The van der Waals surface area contributed by atoms with E-state index < -0.39 is 6.10 Å². The van der Waals surface area contributed by atoms with Gasteiger partial charge in [-0.3, -0.25) is 5.41 Å². The van der Waals surface area contributed by atoms with Gasteiger partial charge in [0, 0.05) is 0 Å². The Hall–Kier alpha value is -1.71. The van der Waals surface area contributed by atoms with Crippen molar-refractivity contribution >= 4 is 30.6 Å². The summed E-state index contributed by atoms with van der Waals surface area (Å²) in [6.45, 7) is 2.21. The van der Waals surface area contributed by atoms with Gasteiger partial charge in [0.05, 0.1) is 0 Å². The molecule has 3 N–H and O–H groups in total. The molecule has 0 fully saturated rings. The molecule has 0 saturated carbocycles. The summed E-state index contributed by atoms with van der Waals surface area (Å²) < 4.78 is 5.96. The van der Waals surface area contributed by atoms with Crippen LogP contribution in [-0.2, 0) is 6.42 Å². The molecule has 3 nitrogen and oxygen atoms in total. The van der Waals surface area contributed by atoms with Crippen LogP contribution in [0.2, 0.25) is 0 Å². The fourth-order valence-corrected chi connectivity index (χ4v) is 2.43. The van der Waals surface area contributed by atoms with Crippen molar-refractivity contribution in [3.63, 3.8) is 0 Å². The molecule has 2 aromatic carbocycles. The zero-order valence-electron chi connectivity index (χ0n) is 13.9. The number of amidine groups is 1. The highest BCUT2D eigenvalue weighted by Gasteiger charge is 2.16. The normalized spacial score (nSPS) is 10.9. The number of ether oxygens (including phenoxy) is 1. The van der Waals surface area contributed by atoms with Gasteiger partial charge in [-0.05, 0) is 36.1 Å². The molecule has 1 atom stereocenters. The van der Waals surface area contributed by atoms with E-state index in [-0.39, 0.29) is 30.6 Å². The zero-order valence-corrected chi connectivity index (χ0v) is 15.5. The van der Waals surface area contributed by atoms with E-state index >= 15 is 0 Å². The number of halogens is 2. The molecule has 0 spiro atoms. The van der Waals surface area contributed by atoms with Gasteiger partial charge in [-0.2, -0.15) is 0 Å². The Labute approximate surface area is 156 Å². The second-order valence-electron chi connectivity index (χ2n) is 5.47. The molecule has 5 heteroatoms. The smallest absolute Gasteiger partial charge is 0.180 e. The molecule has 132 valence electrons. The van der Waals surface area contributed by atoms with Crippen molar-refractivity contribution in [2.24, 2.45) is 5.73 Å². The van der Waals surface area contributed by atoms with Crippen LogP contribution in [0.3, 0.4) is 0 Å². The molecule has 0 aliphatic heterocycles. The summed E-state index contributed by atoms with van der Waals surface area (Å²) in [5, 5.41) is 7.78. The largest absolute Gasteiger partial charge is 0.478 e. The first kappa shape index (κ1) is 22.3. The van der Waals surface area contributed by atoms with Gasteiger partial charge in [-0.15, -0.1) is 24.8 Å². The van der Waals surface area contributed by atoms with E-state index in [0.29, 0.717) is 0 Å². The van der Waals surface area contributed by atoms with Crippen LogP contribution in [0.25, 0.3) is 0 Å². The van der Waals surface area contributed by atoms with E-state index in [0.717, 1.165) is 17.7 Å². The van der Waals surface area contributed by atoms with Gasteiger partial charge in [0.2, 0.25) is 0 Å². The Bertz CT molecular complexity index is 605. The molecule has 0 bridgehead atoms. The number of nitrogens with two attached hydrogens (primary N) is 1. The first-order valence-electron chi connectivity index (χ1n) is 7.85. The van der Waals surface area contributed by atoms with Crippen LogP contribution in [0, 0.1) is 5.41 Å². The van der Waals surface area contributed by atoms with E-state index in [1.165, 1.54) is 24.8 Å². The highest BCUT2D eigenvalue weighted by Crippen LogP contribution is 2.23.